The maximum Gasteiger partial charge on any atom is 0.238 e. The summed E-state index contributed by atoms with van der Waals surface area (Å²) in [5, 5.41) is 24.2. The molecule has 0 saturated carbocycles. The van der Waals surface area contributed by atoms with Gasteiger partial charge in [-0.2, -0.15) is 0 Å². The third-order valence-electron chi connectivity index (χ3n) is 9.67. The lowest BCUT2D eigenvalue weighted by molar-refractivity contribution is -0.122. The Labute approximate surface area is 298 Å². The number of phenols is 1. The van der Waals surface area contributed by atoms with Crippen LogP contribution in [0.1, 0.15) is 30.5 Å². The van der Waals surface area contributed by atoms with Gasteiger partial charge in [0, 0.05) is 23.5 Å². The van der Waals surface area contributed by atoms with Crippen molar-refractivity contribution in [3.63, 3.8) is 0 Å². The molecule has 2 fully saturated rings. The quantitative estimate of drug-likeness (QED) is 0.0899. The first kappa shape index (κ1) is 33.0. The minimum atomic E-state index is -0.540. The second-order valence-electron chi connectivity index (χ2n) is 12.5. The van der Waals surface area contributed by atoms with Crippen molar-refractivity contribution in [2.75, 3.05) is 30.5 Å². The second kappa shape index (κ2) is 14.1. The summed E-state index contributed by atoms with van der Waals surface area (Å²) < 4.78 is 12.4. The number of hydrogen-bond donors (Lipinski definition) is 3. The minimum Gasteiger partial charge on any atom is -0.504 e. The zero-order valence-corrected chi connectivity index (χ0v) is 29.0. The molecular weight excluding hydrogens is 733 g/mol. The van der Waals surface area contributed by atoms with Crippen LogP contribution in [0.15, 0.2) is 102 Å². The summed E-state index contributed by atoms with van der Waals surface area (Å²) in [6.07, 6.45) is 5.01. The van der Waals surface area contributed by atoms with E-state index in [2.05, 4.69) is 32.9 Å². The van der Waals surface area contributed by atoms with E-state index >= 15 is 0 Å². The Kier molecular flexibility index (Phi) is 9.53. The summed E-state index contributed by atoms with van der Waals surface area (Å²) in [7, 11) is 1.52. The number of nitrogens with zero attached hydrogens (tertiary/aromatic N) is 2. The summed E-state index contributed by atoms with van der Waals surface area (Å²) in [5.41, 5.74) is 6.73. The number of imide groups is 1. The molecule has 1 aromatic heterocycles. The maximum absolute atomic E-state index is 14.0. The fourth-order valence-electron chi connectivity index (χ4n) is 7.40. The lowest BCUT2D eigenvalue weighted by Crippen LogP contribution is -2.35. The Hall–Kier alpha value is -4.52. The molecule has 4 aromatic rings. The van der Waals surface area contributed by atoms with Gasteiger partial charge in [-0.3, -0.25) is 19.5 Å². The van der Waals surface area contributed by atoms with Crippen molar-refractivity contribution in [1.82, 2.24) is 4.98 Å². The van der Waals surface area contributed by atoms with Gasteiger partial charge in [-0.1, -0.05) is 24.3 Å². The van der Waals surface area contributed by atoms with Crippen molar-refractivity contribution in [2.24, 2.45) is 17.8 Å². The van der Waals surface area contributed by atoms with Crippen LogP contribution < -0.4 is 15.0 Å². The summed E-state index contributed by atoms with van der Waals surface area (Å²) in [6, 6.07) is 26.6. The van der Waals surface area contributed by atoms with Gasteiger partial charge < -0.3 is 25.0 Å². The number of carbonyl (C=O) groups excluding carboxylic acids is 2. The monoisotopic (exact) mass is 769 g/mol. The number of allylic oxidation sites excluding steroid dienone is 1. The number of para-hydroxylation sites is 1. The van der Waals surface area contributed by atoms with Crippen molar-refractivity contribution in [3.8, 4) is 11.5 Å². The van der Waals surface area contributed by atoms with Crippen molar-refractivity contribution in [1.29, 1.82) is 0 Å². The summed E-state index contributed by atoms with van der Waals surface area (Å²) in [6.45, 7) is 0.123. The van der Waals surface area contributed by atoms with E-state index in [1.165, 1.54) is 12.0 Å². The molecule has 2 saturated heterocycles. The number of aromatic nitrogens is 1. The number of pyridine rings is 1. The molecule has 1 aliphatic carbocycles. The fourth-order valence-corrected chi connectivity index (χ4v) is 8.03. The van der Waals surface area contributed by atoms with Crippen molar-refractivity contribution < 1.29 is 29.3 Å². The van der Waals surface area contributed by atoms with E-state index < -0.39 is 11.8 Å². The number of carbonyl (C=O) groups is 2. The highest BCUT2D eigenvalue weighted by atomic mass is 127. The molecule has 250 valence electrons. The first-order chi connectivity index (χ1) is 23.9. The van der Waals surface area contributed by atoms with Crippen LogP contribution >= 0.6 is 22.6 Å². The molecule has 7 rings (SSSR count). The number of aliphatic hydroxyl groups is 1. The van der Waals surface area contributed by atoms with E-state index in [1.54, 1.807) is 24.4 Å². The number of benzene rings is 3. The standard InChI is InChI=1S/C39H36IN3O6/c1-48-34-19-23(18-31(40)37(34)45)17-24(32-9-5-6-16-41-32)10-15-33-35-25(21-44)20-29-36(30(35)22-49-33)39(47)43(38(29)46)28-13-11-27(12-14-28)42-26-7-3-2-4-8-26/h2-9,11-14,16-19,29-30,33,36,42,44-45H,10,15,20-22H2,1H3/b24-17-/t29-,30+,33-,36-/m1/s1. The van der Waals surface area contributed by atoms with Gasteiger partial charge in [0.2, 0.25) is 11.8 Å². The van der Waals surface area contributed by atoms with Crippen LogP contribution in [0.25, 0.3) is 11.6 Å². The number of hydrogen-bond acceptors (Lipinski definition) is 8. The molecule has 49 heavy (non-hydrogen) atoms. The summed E-state index contributed by atoms with van der Waals surface area (Å²) >= 11 is 2.08. The maximum atomic E-state index is 14.0. The van der Waals surface area contributed by atoms with E-state index in [1.807, 2.05) is 72.8 Å². The number of methoxy groups -OCH3 is 1. The van der Waals surface area contributed by atoms with E-state index in [4.69, 9.17) is 9.47 Å². The lowest BCUT2D eigenvalue weighted by Gasteiger charge is -2.31. The number of amides is 2. The normalized spacial score (nSPS) is 21.9. The van der Waals surface area contributed by atoms with Crippen LogP contribution in [-0.2, 0) is 14.3 Å². The molecule has 2 amide bonds. The van der Waals surface area contributed by atoms with Gasteiger partial charge in [0.05, 0.1) is 53.2 Å². The van der Waals surface area contributed by atoms with Gasteiger partial charge in [-0.25, -0.2) is 0 Å². The number of rotatable bonds is 10. The first-order valence-corrected chi connectivity index (χ1v) is 17.4. The largest absolute Gasteiger partial charge is 0.504 e. The first-order valence-electron chi connectivity index (χ1n) is 16.3. The predicted molar refractivity (Wildman–Crippen MR) is 196 cm³/mol. The van der Waals surface area contributed by atoms with Gasteiger partial charge in [-0.05, 0) is 131 Å². The summed E-state index contributed by atoms with van der Waals surface area (Å²) in [4.78, 5) is 33.8. The van der Waals surface area contributed by atoms with Crippen LogP contribution in [0.4, 0.5) is 17.1 Å². The van der Waals surface area contributed by atoms with Crippen molar-refractivity contribution >= 4 is 63.1 Å². The molecule has 3 aromatic carbocycles. The van der Waals surface area contributed by atoms with E-state index in [0.717, 1.165) is 39.4 Å². The predicted octanol–water partition coefficient (Wildman–Crippen LogP) is 6.98. The van der Waals surface area contributed by atoms with Crippen LogP contribution in [0.5, 0.6) is 11.5 Å². The lowest BCUT2D eigenvalue weighted by atomic mass is 9.69. The Morgan fingerprint density at radius 1 is 1.02 bits per heavy atom. The molecular formula is C39H36IN3O6. The van der Waals surface area contributed by atoms with E-state index in [-0.39, 0.29) is 36.2 Å². The molecule has 9 nitrogen and oxygen atoms in total. The van der Waals surface area contributed by atoms with Crippen molar-refractivity contribution in [3.05, 3.63) is 117 Å². The number of aromatic hydroxyl groups is 1. The van der Waals surface area contributed by atoms with Crippen LogP contribution in [0, 0.1) is 21.3 Å². The SMILES string of the molecule is COc1cc(/C=C(/CC[C@H]2OC[C@H]3C2=C(CO)C[C@H]2C(=O)N(c4ccc(Nc5ccccc5)cc4)C(=O)[C@H]23)c2ccccn2)cc(I)c1O. The molecule has 10 heteroatoms. The number of fused-ring (bicyclic) bond motifs is 3. The third-order valence-corrected chi connectivity index (χ3v) is 10.5. The van der Waals surface area contributed by atoms with Crippen molar-refractivity contribution in [2.45, 2.75) is 25.4 Å². The molecule has 0 bridgehead atoms. The molecule has 2 aliphatic heterocycles. The van der Waals surface area contributed by atoms with Gasteiger partial charge in [0.15, 0.2) is 11.5 Å². The zero-order chi connectivity index (χ0) is 34.1. The van der Waals surface area contributed by atoms with Gasteiger partial charge >= 0.3 is 0 Å². The molecule has 0 unspecified atom stereocenters. The highest BCUT2D eigenvalue weighted by Crippen LogP contribution is 2.50. The van der Waals surface area contributed by atoms with E-state index in [0.29, 0.717) is 40.9 Å². The number of anilines is 3. The highest BCUT2D eigenvalue weighted by molar-refractivity contribution is 14.1. The average molecular weight is 770 g/mol. The molecule has 0 radical (unpaired) electrons. The number of aliphatic hydroxyl groups excluding tert-OH is 1. The smallest absolute Gasteiger partial charge is 0.238 e. The third kappa shape index (κ3) is 6.48. The Morgan fingerprint density at radius 3 is 2.49 bits per heavy atom. The topological polar surface area (TPSA) is 121 Å². The fraction of sp³-hybridized carbons (Fsp3) is 0.256. The Bertz CT molecular complexity index is 1930. The average Bonchev–Trinajstić information content (AvgIpc) is 3.66. The highest BCUT2D eigenvalue weighted by Gasteiger charge is 2.57. The number of ether oxygens (including phenoxy) is 2. The van der Waals surface area contributed by atoms with E-state index in [9.17, 15) is 19.8 Å². The Morgan fingerprint density at radius 2 is 1.78 bits per heavy atom. The molecule has 0 spiro atoms. The van der Waals surface area contributed by atoms with Crippen LogP contribution in [-0.4, -0.2) is 53.4 Å². The van der Waals surface area contributed by atoms with Gasteiger partial charge in [0.25, 0.3) is 0 Å². The van der Waals surface area contributed by atoms with Gasteiger partial charge in [0.1, 0.15) is 0 Å². The van der Waals surface area contributed by atoms with Gasteiger partial charge in [-0.15, -0.1) is 0 Å². The summed E-state index contributed by atoms with van der Waals surface area (Å²) in [5.74, 6) is -1.32. The minimum absolute atomic E-state index is 0.0969. The Balaban J connectivity index is 1.11. The van der Waals surface area contributed by atoms with Crippen LogP contribution in [0.3, 0.4) is 0 Å². The zero-order valence-electron chi connectivity index (χ0n) is 26.9. The molecule has 3 aliphatic rings. The second-order valence-corrected chi connectivity index (χ2v) is 13.7. The molecule has 4 atom stereocenters. The molecule has 3 N–H and O–H groups in total. The molecule has 3 heterocycles. The number of halogens is 1. The number of nitrogens with one attached hydrogen (secondary N) is 1. The van der Waals surface area contributed by atoms with Crippen LogP contribution in [0.2, 0.25) is 0 Å². The number of phenolic OH excluding ortho intramolecular Hbond substituents is 1.